The molecule has 3 aromatic rings. The fourth-order valence-electron chi connectivity index (χ4n) is 1.92. The van der Waals surface area contributed by atoms with Crippen LogP contribution in [0.1, 0.15) is 6.42 Å². The van der Waals surface area contributed by atoms with Crippen LogP contribution in [0, 0.1) is 0 Å². The van der Waals surface area contributed by atoms with Crippen LogP contribution >= 0.6 is 24.0 Å². The van der Waals surface area contributed by atoms with Gasteiger partial charge < -0.3 is 5.32 Å². The van der Waals surface area contributed by atoms with Gasteiger partial charge in [0.2, 0.25) is 5.91 Å². The summed E-state index contributed by atoms with van der Waals surface area (Å²) in [7, 11) is 0. The summed E-state index contributed by atoms with van der Waals surface area (Å²) in [5.41, 5.74) is 2.76. The van der Waals surface area contributed by atoms with Gasteiger partial charge in [-0.2, -0.15) is 12.6 Å². The number of thiol groups is 1. The molecule has 0 aliphatic rings. The van der Waals surface area contributed by atoms with Crippen LogP contribution in [0.4, 0.5) is 5.69 Å². The van der Waals surface area contributed by atoms with Gasteiger partial charge in [0.25, 0.3) is 0 Å². The second-order valence-electron chi connectivity index (χ2n) is 4.32. The Morgan fingerprint density at radius 2 is 2.15 bits per heavy atom. The molecule has 2 aromatic heterocycles. The molecule has 0 fully saturated rings. The van der Waals surface area contributed by atoms with Gasteiger partial charge in [0.05, 0.1) is 5.69 Å². The third-order valence-electron chi connectivity index (χ3n) is 2.90. The van der Waals surface area contributed by atoms with Crippen LogP contribution in [0.5, 0.6) is 0 Å². The van der Waals surface area contributed by atoms with Crippen molar-refractivity contribution in [3.8, 4) is 11.3 Å². The van der Waals surface area contributed by atoms with E-state index in [1.807, 2.05) is 46.4 Å². The van der Waals surface area contributed by atoms with Crippen LogP contribution in [0.15, 0.2) is 42.0 Å². The number of nitrogens with zero attached hydrogens (tertiary/aromatic N) is 2. The molecule has 1 amide bonds. The van der Waals surface area contributed by atoms with E-state index in [9.17, 15) is 4.79 Å². The maximum absolute atomic E-state index is 11.5. The van der Waals surface area contributed by atoms with E-state index in [1.54, 1.807) is 11.3 Å². The Bertz CT molecular complexity index is 702. The summed E-state index contributed by atoms with van der Waals surface area (Å²) in [6.07, 6.45) is 4.41. The Labute approximate surface area is 125 Å². The third kappa shape index (κ3) is 2.71. The first-order chi connectivity index (χ1) is 9.76. The van der Waals surface area contributed by atoms with E-state index < -0.39 is 0 Å². The minimum atomic E-state index is -0.0183. The molecule has 1 N–H and O–H groups in total. The van der Waals surface area contributed by atoms with E-state index in [0.717, 1.165) is 21.9 Å². The molecule has 0 aliphatic heterocycles. The monoisotopic (exact) mass is 303 g/mol. The van der Waals surface area contributed by atoms with Crippen molar-refractivity contribution in [1.29, 1.82) is 0 Å². The van der Waals surface area contributed by atoms with Crippen LogP contribution in [0.25, 0.3) is 16.2 Å². The molecule has 3 rings (SSSR count). The minimum Gasteiger partial charge on any atom is -0.326 e. The average Bonchev–Trinajstić information content (AvgIpc) is 3.00. The van der Waals surface area contributed by atoms with Crippen molar-refractivity contribution < 1.29 is 4.79 Å². The van der Waals surface area contributed by atoms with Gasteiger partial charge in [-0.05, 0) is 17.9 Å². The highest BCUT2D eigenvalue weighted by Crippen LogP contribution is 2.23. The molecule has 20 heavy (non-hydrogen) atoms. The molecule has 0 saturated carbocycles. The van der Waals surface area contributed by atoms with Gasteiger partial charge in [-0.25, -0.2) is 4.98 Å². The zero-order valence-electron chi connectivity index (χ0n) is 10.6. The van der Waals surface area contributed by atoms with Crippen LogP contribution in [0.3, 0.4) is 0 Å². The molecule has 0 atom stereocenters. The molecule has 0 spiro atoms. The fraction of sp³-hybridized carbons (Fsp3) is 0.143. The maximum Gasteiger partial charge on any atom is 0.225 e. The van der Waals surface area contributed by atoms with E-state index in [1.165, 1.54) is 0 Å². The number of anilines is 1. The van der Waals surface area contributed by atoms with Gasteiger partial charge in [0, 0.05) is 35.4 Å². The highest BCUT2D eigenvalue weighted by atomic mass is 32.1. The summed E-state index contributed by atoms with van der Waals surface area (Å²) in [6.45, 7) is 0. The van der Waals surface area contributed by atoms with Gasteiger partial charge in [-0.3, -0.25) is 9.20 Å². The number of amides is 1. The van der Waals surface area contributed by atoms with Gasteiger partial charge in [-0.15, -0.1) is 11.3 Å². The number of nitrogens with one attached hydrogen (secondary N) is 1. The Hall–Kier alpha value is -1.79. The third-order valence-corrected chi connectivity index (χ3v) is 3.89. The van der Waals surface area contributed by atoms with Gasteiger partial charge in [0.15, 0.2) is 4.96 Å². The van der Waals surface area contributed by atoms with Crippen molar-refractivity contribution in [2.75, 3.05) is 11.1 Å². The minimum absolute atomic E-state index is 0.0183. The summed E-state index contributed by atoms with van der Waals surface area (Å²) in [6, 6.07) is 7.70. The number of thiazole rings is 1. The Morgan fingerprint density at radius 3 is 2.85 bits per heavy atom. The number of aromatic nitrogens is 2. The van der Waals surface area contributed by atoms with E-state index >= 15 is 0 Å². The number of imidazole rings is 1. The fourth-order valence-corrected chi connectivity index (χ4v) is 2.82. The van der Waals surface area contributed by atoms with Crippen LogP contribution in [0.2, 0.25) is 0 Å². The molecule has 2 heterocycles. The SMILES string of the molecule is O=C(CCS)Nc1ccc(-c2cn3ccsc3n2)cc1. The van der Waals surface area contributed by atoms with Gasteiger partial charge in [0.1, 0.15) is 0 Å². The van der Waals surface area contributed by atoms with E-state index in [0.29, 0.717) is 12.2 Å². The number of rotatable bonds is 4. The lowest BCUT2D eigenvalue weighted by Crippen LogP contribution is -2.11. The zero-order valence-corrected chi connectivity index (χ0v) is 12.3. The Kier molecular flexibility index (Phi) is 3.75. The average molecular weight is 303 g/mol. The van der Waals surface area contributed by atoms with Crippen molar-refractivity contribution in [3.05, 3.63) is 42.0 Å². The molecule has 0 radical (unpaired) electrons. The summed E-state index contributed by atoms with van der Waals surface area (Å²) in [4.78, 5) is 17.0. The lowest BCUT2D eigenvalue weighted by molar-refractivity contribution is -0.115. The van der Waals surface area contributed by atoms with Crippen molar-refractivity contribution in [2.45, 2.75) is 6.42 Å². The molecule has 102 valence electrons. The van der Waals surface area contributed by atoms with Gasteiger partial charge >= 0.3 is 0 Å². The molecule has 0 unspecified atom stereocenters. The topological polar surface area (TPSA) is 46.4 Å². The molecule has 6 heteroatoms. The molecular weight excluding hydrogens is 290 g/mol. The highest BCUT2D eigenvalue weighted by molar-refractivity contribution is 7.80. The molecule has 0 saturated heterocycles. The number of fused-ring (bicyclic) bond motifs is 1. The van der Waals surface area contributed by atoms with Crippen molar-refractivity contribution in [1.82, 2.24) is 9.38 Å². The van der Waals surface area contributed by atoms with E-state index in [4.69, 9.17) is 0 Å². The predicted molar refractivity (Wildman–Crippen MR) is 85.6 cm³/mol. The molecule has 4 nitrogen and oxygen atoms in total. The predicted octanol–water partition coefficient (Wildman–Crippen LogP) is 3.32. The number of carbonyl (C=O) groups excluding carboxylic acids is 1. The second-order valence-corrected chi connectivity index (χ2v) is 5.64. The second kappa shape index (κ2) is 5.68. The summed E-state index contributed by atoms with van der Waals surface area (Å²) < 4.78 is 2.00. The zero-order chi connectivity index (χ0) is 13.9. The van der Waals surface area contributed by atoms with Crippen LogP contribution < -0.4 is 5.32 Å². The standard InChI is InChI=1S/C14H13N3OS2/c18-13(5-7-19)15-11-3-1-10(2-4-11)12-9-17-6-8-20-14(17)16-12/h1-4,6,8-9,19H,5,7H2,(H,15,18). The molecule has 1 aromatic carbocycles. The summed E-state index contributed by atoms with van der Waals surface area (Å²) in [5, 5.41) is 4.84. The van der Waals surface area contributed by atoms with Gasteiger partial charge in [-0.1, -0.05) is 12.1 Å². The van der Waals surface area contributed by atoms with Crippen LogP contribution in [-0.2, 0) is 4.79 Å². The first kappa shape index (κ1) is 13.2. The number of hydrogen-bond donors (Lipinski definition) is 2. The van der Waals surface area contributed by atoms with Crippen molar-refractivity contribution in [3.63, 3.8) is 0 Å². The van der Waals surface area contributed by atoms with Crippen LogP contribution in [-0.4, -0.2) is 21.0 Å². The Morgan fingerprint density at radius 1 is 1.35 bits per heavy atom. The highest BCUT2D eigenvalue weighted by Gasteiger charge is 2.06. The van der Waals surface area contributed by atoms with Crippen molar-refractivity contribution >= 4 is 40.5 Å². The molecule has 0 aliphatic carbocycles. The normalized spacial score (nSPS) is 10.8. The smallest absolute Gasteiger partial charge is 0.225 e. The largest absolute Gasteiger partial charge is 0.326 e. The summed E-state index contributed by atoms with van der Waals surface area (Å²) in [5.74, 6) is 0.533. The maximum atomic E-state index is 11.5. The Balaban J connectivity index is 1.78. The lowest BCUT2D eigenvalue weighted by atomic mass is 10.1. The van der Waals surface area contributed by atoms with Crippen molar-refractivity contribution in [2.24, 2.45) is 0 Å². The lowest BCUT2D eigenvalue weighted by Gasteiger charge is -2.04. The van der Waals surface area contributed by atoms with E-state index in [2.05, 4.69) is 22.9 Å². The number of benzene rings is 1. The number of carbonyl (C=O) groups is 1. The quantitative estimate of drug-likeness (QED) is 0.726. The first-order valence-electron chi connectivity index (χ1n) is 6.19. The molecular formula is C14H13N3OS2. The first-order valence-corrected chi connectivity index (χ1v) is 7.71. The molecule has 0 bridgehead atoms. The summed E-state index contributed by atoms with van der Waals surface area (Å²) >= 11 is 5.65. The number of hydrogen-bond acceptors (Lipinski definition) is 4. The van der Waals surface area contributed by atoms with E-state index in [-0.39, 0.29) is 5.91 Å².